The van der Waals surface area contributed by atoms with Crippen LogP contribution in [0.2, 0.25) is 0 Å². The van der Waals surface area contributed by atoms with E-state index < -0.39 is 0 Å². The van der Waals surface area contributed by atoms with Gasteiger partial charge in [0.25, 0.3) is 0 Å². The zero-order chi connectivity index (χ0) is 11.2. The summed E-state index contributed by atoms with van der Waals surface area (Å²) in [5, 5.41) is 0. The zero-order valence-electron chi connectivity index (χ0n) is 8.85. The maximum atomic E-state index is 4.22. The first-order valence-electron chi connectivity index (χ1n) is 5.04. The molecule has 1 aromatic heterocycles. The van der Waals surface area contributed by atoms with E-state index in [1.54, 1.807) is 12.3 Å². The fraction of sp³-hybridized carbons (Fsp3) is 0. The van der Waals surface area contributed by atoms with Gasteiger partial charge >= 0.3 is 0 Å². The first-order chi connectivity index (χ1) is 7.88. The van der Waals surface area contributed by atoms with Crippen molar-refractivity contribution >= 4 is 6.08 Å². The highest BCUT2D eigenvalue weighted by atomic mass is 14.7. The normalized spacial score (nSPS) is 9.00. The summed E-state index contributed by atoms with van der Waals surface area (Å²) in [7, 11) is 0. The Morgan fingerprint density at radius 2 is 1.81 bits per heavy atom. The number of rotatable bonds is 1. The second-order valence-electron chi connectivity index (χ2n) is 3.30. The molecule has 1 aromatic carbocycles. The molecular formula is C15H11N. The quantitative estimate of drug-likeness (QED) is 0.652. The van der Waals surface area contributed by atoms with E-state index in [1.807, 2.05) is 42.5 Å². The number of benzene rings is 1. The van der Waals surface area contributed by atoms with Crippen LogP contribution in [0.5, 0.6) is 0 Å². The minimum absolute atomic E-state index is 0.773. The Balaban J connectivity index is 2.21. The molecular weight excluding hydrogens is 194 g/mol. The Morgan fingerprint density at radius 3 is 2.44 bits per heavy atom. The molecule has 2 aromatic rings. The van der Waals surface area contributed by atoms with Crippen molar-refractivity contribution in [2.24, 2.45) is 0 Å². The third kappa shape index (κ3) is 2.59. The summed E-state index contributed by atoms with van der Waals surface area (Å²) in [5.74, 6) is 6.08. The van der Waals surface area contributed by atoms with Crippen molar-refractivity contribution in [2.75, 3.05) is 0 Å². The standard InChI is InChI=1S/C15H11N/c1-2-13-8-10-15(16-12-13)11-9-14-6-4-3-5-7-14/h2-8,10,12H,1H2. The fourth-order valence-corrected chi connectivity index (χ4v) is 1.26. The smallest absolute Gasteiger partial charge is 0.113 e. The third-order valence-electron chi connectivity index (χ3n) is 2.13. The van der Waals surface area contributed by atoms with E-state index >= 15 is 0 Å². The first-order valence-corrected chi connectivity index (χ1v) is 5.04. The van der Waals surface area contributed by atoms with Gasteiger partial charge < -0.3 is 0 Å². The van der Waals surface area contributed by atoms with E-state index in [1.165, 1.54) is 0 Å². The zero-order valence-corrected chi connectivity index (χ0v) is 8.85. The molecule has 0 saturated heterocycles. The lowest BCUT2D eigenvalue weighted by Gasteiger charge is -1.92. The van der Waals surface area contributed by atoms with Crippen LogP contribution in [0.3, 0.4) is 0 Å². The van der Waals surface area contributed by atoms with Gasteiger partial charge in [0.1, 0.15) is 5.69 Å². The largest absolute Gasteiger partial charge is 0.247 e. The monoisotopic (exact) mass is 205 g/mol. The Labute approximate surface area is 95.5 Å². The van der Waals surface area contributed by atoms with Gasteiger partial charge in [-0.1, -0.05) is 42.8 Å². The Kier molecular flexibility index (Phi) is 3.15. The Hall–Kier alpha value is -2.33. The number of nitrogens with zero attached hydrogens (tertiary/aromatic N) is 1. The molecule has 0 aliphatic heterocycles. The number of hydrogen-bond donors (Lipinski definition) is 0. The van der Waals surface area contributed by atoms with Crippen molar-refractivity contribution in [3.8, 4) is 11.8 Å². The maximum absolute atomic E-state index is 4.22. The highest BCUT2D eigenvalue weighted by molar-refractivity contribution is 5.47. The molecule has 76 valence electrons. The predicted molar refractivity (Wildman–Crippen MR) is 66.8 cm³/mol. The summed E-state index contributed by atoms with van der Waals surface area (Å²) >= 11 is 0. The molecule has 0 fully saturated rings. The molecule has 0 spiro atoms. The Morgan fingerprint density at radius 1 is 1.00 bits per heavy atom. The second kappa shape index (κ2) is 4.95. The molecule has 2 rings (SSSR count). The van der Waals surface area contributed by atoms with Gasteiger partial charge in [-0.15, -0.1) is 0 Å². The van der Waals surface area contributed by atoms with Crippen molar-refractivity contribution in [1.29, 1.82) is 0 Å². The van der Waals surface area contributed by atoms with Gasteiger partial charge in [0.2, 0.25) is 0 Å². The molecule has 0 bridgehead atoms. The van der Waals surface area contributed by atoms with Gasteiger partial charge in [-0.25, -0.2) is 4.98 Å². The fourth-order valence-electron chi connectivity index (χ4n) is 1.26. The molecule has 0 atom stereocenters. The van der Waals surface area contributed by atoms with Crippen LogP contribution in [-0.4, -0.2) is 4.98 Å². The predicted octanol–water partition coefficient (Wildman–Crippen LogP) is 3.12. The lowest BCUT2D eigenvalue weighted by atomic mass is 10.2. The van der Waals surface area contributed by atoms with E-state index in [0.717, 1.165) is 16.8 Å². The van der Waals surface area contributed by atoms with E-state index in [9.17, 15) is 0 Å². The van der Waals surface area contributed by atoms with Gasteiger partial charge in [-0.2, -0.15) is 0 Å². The van der Waals surface area contributed by atoms with E-state index in [4.69, 9.17) is 0 Å². The number of hydrogen-bond acceptors (Lipinski definition) is 1. The highest BCUT2D eigenvalue weighted by Gasteiger charge is 1.88. The van der Waals surface area contributed by atoms with Crippen LogP contribution in [0.25, 0.3) is 6.08 Å². The van der Waals surface area contributed by atoms with Gasteiger partial charge in [-0.3, -0.25) is 0 Å². The molecule has 0 N–H and O–H groups in total. The van der Waals surface area contributed by atoms with Gasteiger partial charge in [-0.05, 0) is 29.7 Å². The number of aromatic nitrogens is 1. The molecule has 1 heteroatoms. The molecule has 0 aliphatic carbocycles. The van der Waals surface area contributed by atoms with Crippen LogP contribution in [0.4, 0.5) is 0 Å². The topological polar surface area (TPSA) is 12.9 Å². The summed E-state index contributed by atoms with van der Waals surface area (Å²) in [6.07, 6.45) is 3.53. The molecule has 0 amide bonds. The van der Waals surface area contributed by atoms with Crippen molar-refractivity contribution in [2.45, 2.75) is 0 Å². The average Bonchev–Trinajstić information content (AvgIpc) is 2.38. The lowest BCUT2D eigenvalue weighted by molar-refractivity contribution is 1.28. The first kappa shape index (κ1) is 10.2. The Bertz CT molecular complexity index is 527. The average molecular weight is 205 g/mol. The summed E-state index contributed by atoms with van der Waals surface area (Å²) in [6.45, 7) is 3.68. The third-order valence-corrected chi connectivity index (χ3v) is 2.13. The highest BCUT2D eigenvalue weighted by Crippen LogP contribution is 2.01. The van der Waals surface area contributed by atoms with Crippen molar-refractivity contribution < 1.29 is 0 Å². The lowest BCUT2D eigenvalue weighted by Crippen LogP contribution is -1.82. The minimum Gasteiger partial charge on any atom is -0.247 e. The molecule has 0 radical (unpaired) electrons. The van der Waals surface area contributed by atoms with E-state index in [2.05, 4.69) is 23.4 Å². The molecule has 1 nitrogen and oxygen atoms in total. The minimum atomic E-state index is 0.773. The SMILES string of the molecule is C=Cc1ccc(C#Cc2ccccc2)nc1. The van der Waals surface area contributed by atoms with Crippen molar-refractivity contribution in [3.05, 3.63) is 72.1 Å². The summed E-state index contributed by atoms with van der Waals surface area (Å²) < 4.78 is 0. The van der Waals surface area contributed by atoms with Gasteiger partial charge in [0, 0.05) is 11.8 Å². The molecule has 0 unspecified atom stereocenters. The van der Waals surface area contributed by atoms with Crippen molar-refractivity contribution in [3.63, 3.8) is 0 Å². The van der Waals surface area contributed by atoms with Gasteiger partial charge in [0.15, 0.2) is 0 Å². The van der Waals surface area contributed by atoms with E-state index in [-0.39, 0.29) is 0 Å². The van der Waals surface area contributed by atoms with Gasteiger partial charge in [0.05, 0.1) is 0 Å². The van der Waals surface area contributed by atoms with Crippen LogP contribution < -0.4 is 0 Å². The summed E-state index contributed by atoms with van der Waals surface area (Å²) in [4.78, 5) is 4.22. The summed E-state index contributed by atoms with van der Waals surface area (Å²) in [5.41, 5.74) is 2.77. The van der Waals surface area contributed by atoms with Crippen LogP contribution in [0.1, 0.15) is 16.8 Å². The van der Waals surface area contributed by atoms with Crippen LogP contribution >= 0.6 is 0 Å². The van der Waals surface area contributed by atoms with Crippen LogP contribution in [0, 0.1) is 11.8 Å². The summed E-state index contributed by atoms with van der Waals surface area (Å²) in [6, 6.07) is 13.7. The molecule has 1 heterocycles. The van der Waals surface area contributed by atoms with Crippen LogP contribution in [0.15, 0.2) is 55.2 Å². The second-order valence-corrected chi connectivity index (χ2v) is 3.30. The number of pyridine rings is 1. The molecule has 16 heavy (non-hydrogen) atoms. The molecule has 0 saturated carbocycles. The van der Waals surface area contributed by atoms with Crippen LogP contribution in [-0.2, 0) is 0 Å². The van der Waals surface area contributed by atoms with Crippen molar-refractivity contribution in [1.82, 2.24) is 4.98 Å². The maximum Gasteiger partial charge on any atom is 0.113 e. The molecule has 0 aliphatic rings. The van der Waals surface area contributed by atoms with E-state index in [0.29, 0.717) is 0 Å².